The van der Waals surface area contributed by atoms with Gasteiger partial charge in [0.05, 0.1) is 31.8 Å². The largest absolute Gasteiger partial charge is 0.465 e. The van der Waals surface area contributed by atoms with Crippen LogP contribution in [0.5, 0.6) is 0 Å². The van der Waals surface area contributed by atoms with Crippen molar-refractivity contribution in [3.05, 3.63) is 35.9 Å². The van der Waals surface area contributed by atoms with Crippen molar-refractivity contribution in [2.24, 2.45) is 5.73 Å². The van der Waals surface area contributed by atoms with Gasteiger partial charge < -0.3 is 15.2 Å². The summed E-state index contributed by atoms with van der Waals surface area (Å²) >= 11 is 0. The first-order valence-corrected chi connectivity index (χ1v) is 9.07. The molecule has 1 aromatic carbocycles. The summed E-state index contributed by atoms with van der Waals surface area (Å²) in [7, 11) is 0. The van der Waals surface area contributed by atoms with Crippen molar-refractivity contribution in [1.29, 1.82) is 0 Å². The molecule has 0 amide bonds. The van der Waals surface area contributed by atoms with E-state index in [1.54, 1.807) is 13.8 Å². The van der Waals surface area contributed by atoms with Crippen molar-refractivity contribution in [2.45, 2.75) is 19.4 Å². The monoisotopic (exact) mass is 363 g/mol. The van der Waals surface area contributed by atoms with Crippen LogP contribution in [0, 0.1) is 0 Å². The Morgan fingerprint density at radius 3 is 1.85 bits per heavy atom. The molecule has 7 heteroatoms. The molecule has 2 N–H and O–H groups in total. The van der Waals surface area contributed by atoms with E-state index in [1.165, 1.54) is 0 Å². The Morgan fingerprint density at radius 1 is 0.962 bits per heavy atom. The number of hydrogen-bond donors (Lipinski definition) is 1. The maximum atomic E-state index is 11.9. The molecule has 0 aromatic heterocycles. The second kappa shape index (κ2) is 9.66. The summed E-state index contributed by atoms with van der Waals surface area (Å²) in [5.74, 6) is -0.525. The van der Waals surface area contributed by atoms with Gasteiger partial charge in [-0.25, -0.2) is 0 Å². The Hall–Kier alpha value is -1.96. The Balaban J connectivity index is 2.18. The number of carbonyl (C=O) groups is 2. The molecule has 1 heterocycles. The van der Waals surface area contributed by atoms with Gasteiger partial charge in [-0.2, -0.15) is 0 Å². The van der Waals surface area contributed by atoms with E-state index in [0.29, 0.717) is 39.4 Å². The van der Waals surface area contributed by atoms with E-state index < -0.39 is 5.54 Å². The normalized spacial score (nSPS) is 18.1. The van der Waals surface area contributed by atoms with Gasteiger partial charge in [0.1, 0.15) is 0 Å². The third-order valence-electron chi connectivity index (χ3n) is 4.41. The summed E-state index contributed by atoms with van der Waals surface area (Å²) in [5, 5.41) is 0. The SMILES string of the molecule is CCOC(=O)CN1CCN(CC(=O)OCC)CC(N)(c2ccccc2)C1. The molecule has 1 fully saturated rings. The molecule has 0 spiro atoms. The maximum absolute atomic E-state index is 11.9. The van der Waals surface area contributed by atoms with Crippen LogP contribution in [-0.4, -0.2) is 74.2 Å². The first-order chi connectivity index (χ1) is 12.5. The zero-order valence-electron chi connectivity index (χ0n) is 15.6. The molecular formula is C19H29N3O4. The van der Waals surface area contributed by atoms with Crippen molar-refractivity contribution < 1.29 is 19.1 Å². The lowest BCUT2D eigenvalue weighted by molar-refractivity contribution is -0.145. The molecule has 1 aliphatic heterocycles. The van der Waals surface area contributed by atoms with E-state index in [-0.39, 0.29) is 25.0 Å². The molecular weight excluding hydrogens is 334 g/mol. The molecule has 0 unspecified atom stereocenters. The van der Waals surface area contributed by atoms with Crippen LogP contribution in [0.15, 0.2) is 30.3 Å². The predicted octanol–water partition coefficient (Wildman–Crippen LogP) is 0.584. The molecule has 1 aromatic rings. The van der Waals surface area contributed by atoms with Crippen molar-refractivity contribution in [3.8, 4) is 0 Å². The number of rotatable bonds is 7. The topological polar surface area (TPSA) is 85.1 Å². The highest BCUT2D eigenvalue weighted by atomic mass is 16.5. The highest BCUT2D eigenvalue weighted by Gasteiger charge is 2.36. The minimum atomic E-state index is -0.698. The molecule has 1 aliphatic rings. The molecule has 2 rings (SSSR count). The van der Waals surface area contributed by atoms with Gasteiger partial charge >= 0.3 is 11.9 Å². The Labute approximate surface area is 155 Å². The molecule has 0 radical (unpaired) electrons. The fraction of sp³-hybridized carbons (Fsp3) is 0.579. The van der Waals surface area contributed by atoms with E-state index in [2.05, 4.69) is 0 Å². The quantitative estimate of drug-likeness (QED) is 0.710. The van der Waals surface area contributed by atoms with Crippen LogP contribution in [0.1, 0.15) is 19.4 Å². The predicted molar refractivity (Wildman–Crippen MR) is 98.5 cm³/mol. The highest BCUT2D eigenvalue weighted by molar-refractivity contribution is 5.72. The Kier molecular flexibility index (Phi) is 7.56. The number of nitrogens with two attached hydrogens (primary N) is 1. The van der Waals surface area contributed by atoms with Gasteiger partial charge in [-0.05, 0) is 19.4 Å². The summed E-state index contributed by atoms with van der Waals surface area (Å²) < 4.78 is 10.1. The fourth-order valence-electron chi connectivity index (χ4n) is 3.29. The van der Waals surface area contributed by atoms with Crippen molar-refractivity contribution in [3.63, 3.8) is 0 Å². The summed E-state index contributed by atoms with van der Waals surface area (Å²) in [6, 6.07) is 9.80. The number of nitrogens with zero attached hydrogens (tertiary/aromatic N) is 2. The first-order valence-electron chi connectivity index (χ1n) is 9.07. The van der Waals surface area contributed by atoms with Gasteiger partial charge in [0.15, 0.2) is 0 Å². The Morgan fingerprint density at radius 2 is 1.42 bits per heavy atom. The fourth-order valence-corrected chi connectivity index (χ4v) is 3.29. The summed E-state index contributed by atoms with van der Waals surface area (Å²) in [5.41, 5.74) is 7.05. The smallest absolute Gasteiger partial charge is 0.320 e. The van der Waals surface area contributed by atoms with E-state index in [0.717, 1.165) is 5.56 Å². The van der Waals surface area contributed by atoms with Crippen molar-refractivity contribution in [2.75, 3.05) is 52.5 Å². The van der Waals surface area contributed by atoms with Crippen molar-refractivity contribution >= 4 is 11.9 Å². The van der Waals surface area contributed by atoms with Crippen LogP contribution in [0.4, 0.5) is 0 Å². The maximum Gasteiger partial charge on any atom is 0.320 e. The van der Waals surface area contributed by atoms with E-state index in [9.17, 15) is 9.59 Å². The lowest BCUT2D eigenvalue weighted by Gasteiger charge is -2.34. The van der Waals surface area contributed by atoms with Gasteiger partial charge in [0.25, 0.3) is 0 Å². The zero-order chi connectivity index (χ0) is 19.0. The Bertz CT molecular complexity index is 564. The zero-order valence-corrected chi connectivity index (χ0v) is 15.6. The van der Waals surface area contributed by atoms with Crippen LogP contribution < -0.4 is 5.73 Å². The van der Waals surface area contributed by atoms with Crippen LogP contribution >= 0.6 is 0 Å². The lowest BCUT2D eigenvalue weighted by Crippen LogP contribution is -2.52. The second-order valence-corrected chi connectivity index (χ2v) is 6.55. The van der Waals surface area contributed by atoms with Crippen LogP contribution in [-0.2, 0) is 24.6 Å². The number of hydrogen-bond acceptors (Lipinski definition) is 7. The minimum Gasteiger partial charge on any atom is -0.465 e. The second-order valence-electron chi connectivity index (χ2n) is 6.55. The third kappa shape index (κ3) is 5.79. The highest BCUT2D eigenvalue weighted by Crippen LogP contribution is 2.23. The molecule has 0 bridgehead atoms. The molecule has 0 aliphatic carbocycles. The van der Waals surface area contributed by atoms with Crippen molar-refractivity contribution in [1.82, 2.24) is 9.80 Å². The average Bonchev–Trinajstić information content (AvgIpc) is 2.75. The van der Waals surface area contributed by atoms with E-state index in [4.69, 9.17) is 15.2 Å². The first kappa shape index (κ1) is 20.4. The number of carbonyl (C=O) groups excluding carboxylic acids is 2. The number of esters is 2. The summed E-state index contributed by atoms with van der Waals surface area (Å²) in [6.45, 7) is 6.94. The lowest BCUT2D eigenvalue weighted by atomic mass is 9.90. The summed E-state index contributed by atoms with van der Waals surface area (Å²) in [6.07, 6.45) is 0. The van der Waals surface area contributed by atoms with Crippen LogP contribution in [0.25, 0.3) is 0 Å². The van der Waals surface area contributed by atoms with Gasteiger partial charge in [0, 0.05) is 26.2 Å². The summed E-state index contributed by atoms with van der Waals surface area (Å²) in [4.78, 5) is 27.8. The van der Waals surface area contributed by atoms with Gasteiger partial charge in [-0.1, -0.05) is 30.3 Å². The number of benzene rings is 1. The molecule has 1 saturated heterocycles. The molecule has 144 valence electrons. The third-order valence-corrected chi connectivity index (χ3v) is 4.41. The average molecular weight is 363 g/mol. The molecule has 0 atom stereocenters. The van der Waals surface area contributed by atoms with Crippen LogP contribution in [0.3, 0.4) is 0 Å². The van der Waals surface area contributed by atoms with E-state index in [1.807, 2.05) is 40.1 Å². The van der Waals surface area contributed by atoms with E-state index >= 15 is 0 Å². The van der Waals surface area contributed by atoms with Gasteiger partial charge in [-0.15, -0.1) is 0 Å². The number of ether oxygens (including phenoxy) is 2. The van der Waals surface area contributed by atoms with Gasteiger partial charge in [-0.3, -0.25) is 19.4 Å². The van der Waals surface area contributed by atoms with Crippen LogP contribution in [0.2, 0.25) is 0 Å². The minimum absolute atomic E-state index is 0.187. The molecule has 26 heavy (non-hydrogen) atoms. The molecule has 0 saturated carbocycles. The molecule has 7 nitrogen and oxygen atoms in total. The van der Waals surface area contributed by atoms with Gasteiger partial charge in [0.2, 0.25) is 0 Å². The standard InChI is InChI=1S/C19H29N3O4/c1-3-25-17(23)12-21-10-11-22(13-18(24)26-4-2)15-19(20,14-21)16-8-6-5-7-9-16/h5-9H,3-4,10-15,20H2,1-2H3.